The van der Waals surface area contributed by atoms with Crippen LogP contribution in [0.3, 0.4) is 0 Å². The number of ether oxygens (including phenoxy) is 1. The topological polar surface area (TPSA) is 38.5 Å². The molecule has 3 nitrogen and oxygen atoms in total. The van der Waals surface area contributed by atoms with E-state index >= 15 is 0 Å². The SMILES string of the molecule is CN(CCOCC1CC1)CCC(N)c1ccccc1Cl. The monoisotopic (exact) mass is 296 g/mol. The van der Waals surface area contributed by atoms with E-state index in [0.717, 1.165) is 49.2 Å². The Morgan fingerprint density at radius 2 is 2.10 bits per heavy atom. The van der Waals surface area contributed by atoms with Crippen molar-refractivity contribution in [2.24, 2.45) is 11.7 Å². The predicted molar refractivity (Wildman–Crippen MR) is 84.0 cm³/mol. The number of benzene rings is 1. The van der Waals surface area contributed by atoms with Crippen molar-refractivity contribution in [3.05, 3.63) is 34.9 Å². The molecule has 0 amide bonds. The number of likely N-dealkylation sites (N-methyl/N-ethyl adjacent to an activating group) is 1. The van der Waals surface area contributed by atoms with Crippen LogP contribution < -0.4 is 5.73 Å². The average molecular weight is 297 g/mol. The van der Waals surface area contributed by atoms with Crippen molar-refractivity contribution in [2.45, 2.75) is 25.3 Å². The van der Waals surface area contributed by atoms with Gasteiger partial charge in [-0.25, -0.2) is 0 Å². The minimum absolute atomic E-state index is 0.00136. The first-order valence-corrected chi connectivity index (χ1v) is 7.81. The molecule has 0 radical (unpaired) electrons. The average Bonchev–Trinajstić information content (AvgIpc) is 3.25. The summed E-state index contributed by atoms with van der Waals surface area (Å²) in [5.74, 6) is 0.842. The Hall–Kier alpha value is -0.610. The molecule has 1 aromatic carbocycles. The lowest BCUT2D eigenvalue weighted by molar-refractivity contribution is 0.103. The van der Waals surface area contributed by atoms with E-state index in [4.69, 9.17) is 22.1 Å². The van der Waals surface area contributed by atoms with Crippen molar-refractivity contribution in [3.63, 3.8) is 0 Å². The molecular formula is C16H25ClN2O. The van der Waals surface area contributed by atoms with Crippen molar-refractivity contribution >= 4 is 11.6 Å². The maximum atomic E-state index is 6.20. The Kier molecular flexibility index (Phi) is 6.30. The normalized spacial score (nSPS) is 16.6. The van der Waals surface area contributed by atoms with Gasteiger partial charge in [-0.2, -0.15) is 0 Å². The van der Waals surface area contributed by atoms with Gasteiger partial charge >= 0.3 is 0 Å². The van der Waals surface area contributed by atoms with Crippen LogP contribution in [0.2, 0.25) is 5.02 Å². The highest BCUT2D eigenvalue weighted by molar-refractivity contribution is 6.31. The zero-order chi connectivity index (χ0) is 14.4. The zero-order valence-electron chi connectivity index (χ0n) is 12.2. The highest BCUT2D eigenvalue weighted by Gasteiger charge is 2.21. The van der Waals surface area contributed by atoms with E-state index in [9.17, 15) is 0 Å². The lowest BCUT2D eigenvalue weighted by Gasteiger charge is -2.20. The molecule has 1 unspecified atom stereocenters. The molecule has 2 N–H and O–H groups in total. The van der Waals surface area contributed by atoms with Crippen molar-refractivity contribution < 1.29 is 4.74 Å². The summed E-state index contributed by atoms with van der Waals surface area (Å²) in [7, 11) is 2.11. The molecule has 0 spiro atoms. The fraction of sp³-hybridized carbons (Fsp3) is 0.625. The van der Waals surface area contributed by atoms with Gasteiger partial charge in [-0.3, -0.25) is 0 Å². The van der Waals surface area contributed by atoms with Crippen LogP contribution in [0.5, 0.6) is 0 Å². The first-order chi connectivity index (χ1) is 9.66. The van der Waals surface area contributed by atoms with Crippen LogP contribution in [0.1, 0.15) is 30.9 Å². The molecule has 1 aliphatic rings. The van der Waals surface area contributed by atoms with Crippen LogP contribution >= 0.6 is 11.6 Å². The number of nitrogens with zero attached hydrogens (tertiary/aromatic N) is 1. The first kappa shape index (κ1) is 15.8. The van der Waals surface area contributed by atoms with Crippen LogP contribution in [-0.2, 0) is 4.74 Å². The fourth-order valence-corrected chi connectivity index (χ4v) is 2.43. The second kappa shape index (κ2) is 7.99. The van der Waals surface area contributed by atoms with Crippen LogP contribution in [0.25, 0.3) is 0 Å². The number of rotatable bonds is 9. The second-order valence-electron chi connectivity index (χ2n) is 5.74. The van der Waals surface area contributed by atoms with Crippen molar-refractivity contribution in [2.75, 3.05) is 33.4 Å². The minimum atomic E-state index is -0.00136. The summed E-state index contributed by atoms with van der Waals surface area (Å²) in [6.07, 6.45) is 3.61. The van der Waals surface area contributed by atoms with Gasteiger partial charge in [-0.05, 0) is 50.4 Å². The third-order valence-electron chi connectivity index (χ3n) is 3.79. The maximum absolute atomic E-state index is 6.20. The van der Waals surface area contributed by atoms with Crippen LogP contribution in [0.4, 0.5) is 0 Å². The van der Waals surface area contributed by atoms with E-state index in [0.29, 0.717) is 0 Å². The van der Waals surface area contributed by atoms with Crippen LogP contribution in [0.15, 0.2) is 24.3 Å². The second-order valence-corrected chi connectivity index (χ2v) is 6.15. The van der Waals surface area contributed by atoms with Gasteiger partial charge in [0.25, 0.3) is 0 Å². The molecule has 0 aromatic heterocycles. The summed E-state index contributed by atoms with van der Waals surface area (Å²) >= 11 is 6.16. The van der Waals surface area contributed by atoms with Crippen LogP contribution in [0, 0.1) is 5.92 Å². The molecule has 0 bridgehead atoms. The molecule has 4 heteroatoms. The molecule has 1 aliphatic carbocycles. The molecule has 1 aromatic rings. The summed E-state index contributed by atoms with van der Waals surface area (Å²) in [4.78, 5) is 2.27. The zero-order valence-corrected chi connectivity index (χ0v) is 13.0. The maximum Gasteiger partial charge on any atom is 0.0593 e. The van der Waals surface area contributed by atoms with Gasteiger partial charge in [0.15, 0.2) is 0 Å². The molecule has 1 fully saturated rings. The molecule has 0 heterocycles. The van der Waals surface area contributed by atoms with Gasteiger partial charge in [0.1, 0.15) is 0 Å². The minimum Gasteiger partial charge on any atom is -0.380 e. The number of halogens is 1. The molecule has 1 saturated carbocycles. The van der Waals surface area contributed by atoms with Crippen molar-refractivity contribution in [3.8, 4) is 0 Å². The molecular weight excluding hydrogens is 272 g/mol. The lowest BCUT2D eigenvalue weighted by atomic mass is 10.0. The summed E-state index contributed by atoms with van der Waals surface area (Å²) < 4.78 is 5.64. The Bertz CT molecular complexity index is 409. The molecule has 0 saturated heterocycles. The quantitative estimate of drug-likeness (QED) is 0.712. The molecule has 2 rings (SSSR count). The van der Waals surface area contributed by atoms with Gasteiger partial charge < -0.3 is 15.4 Å². The summed E-state index contributed by atoms with van der Waals surface area (Å²) in [6.45, 7) is 3.67. The lowest BCUT2D eigenvalue weighted by Crippen LogP contribution is -2.27. The van der Waals surface area contributed by atoms with Gasteiger partial charge in [0, 0.05) is 24.2 Å². The van der Waals surface area contributed by atoms with Crippen molar-refractivity contribution in [1.29, 1.82) is 0 Å². The number of nitrogens with two attached hydrogens (primary N) is 1. The predicted octanol–water partition coefficient (Wildman–Crippen LogP) is 3.09. The Morgan fingerprint density at radius 3 is 2.80 bits per heavy atom. The third kappa shape index (κ3) is 5.41. The van der Waals surface area contributed by atoms with E-state index in [1.165, 1.54) is 12.8 Å². The van der Waals surface area contributed by atoms with E-state index < -0.39 is 0 Å². The Balaban J connectivity index is 1.61. The number of hydrogen-bond acceptors (Lipinski definition) is 3. The highest BCUT2D eigenvalue weighted by atomic mass is 35.5. The third-order valence-corrected chi connectivity index (χ3v) is 4.14. The first-order valence-electron chi connectivity index (χ1n) is 7.43. The highest BCUT2D eigenvalue weighted by Crippen LogP contribution is 2.28. The van der Waals surface area contributed by atoms with E-state index in [-0.39, 0.29) is 6.04 Å². The Morgan fingerprint density at radius 1 is 1.35 bits per heavy atom. The number of hydrogen-bond donors (Lipinski definition) is 1. The van der Waals surface area contributed by atoms with Gasteiger partial charge in [-0.1, -0.05) is 29.8 Å². The summed E-state index contributed by atoms with van der Waals surface area (Å²) in [5, 5.41) is 0.760. The molecule has 1 atom stereocenters. The molecule has 0 aliphatic heterocycles. The van der Waals surface area contributed by atoms with Crippen molar-refractivity contribution in [1.82, 2.24) is 4.90 Å². The smallest absolute Gasteiger partial charge is 0.0593 e. The Labute approximate surface area is 127 Å². The van der Waals surface area contributed by atoms with Gasteiger partial charge in [-0.15, -0.1) is 0 Å². The summed E-state index contributed by atoms with van der Waals surface area (Å²) in [6, 6.07) is 7.81. The van der Waals surface area contributed by atoms with E-state index in [1.54, 1.807) is 0 Å². The van der Waals surface area contributed by atoms with Gasteiger partial charge in [0.2, 0.25) is 0 Å². The van der Waals surface area contributed by atoms with Gasteiger partial charge in [0.05, 0.1) is 6.61 Å². The van der Waals surface area contributed by atoms with Crippen LogP contribution in [-0.4, -0.2) is 38.3 Å². The molecule has 20 heavy (non-hydrogen) atoms. The standard InChI is InChI=1S/C16H25ClN2O/c1-19(10-11-20-12-13-6-7-13)9-8-16(18)14-4-2-3-5-15(14)17/h2-5,13,16H,6-12,18H2,1H3. The van der Waals surface area contributed by atoms with E-state index in [1.807, 2.05) is 24.3 Å². The molecule has 112 valence electrons. The summed E-state index contributed by atoms with van der Waals surface area (Å²) in [5.41, 5.74) is 7.24. The largest absolute Gasteiger partial charge is 0.380 e. The van der Waals surface area contributed by atoms with E-state index in [2.05, 4.69) is 11.9 Å². The fourth-order valence-electron chi connectivity index (χ4n) is 2.16.